The summed E-state index contributed by atoms with van der Waals surface area (Å²) in [7, 11) is 3.18. The smallest absolute Gasteiger partial charge is 0.338 e. The molecule has 0 radical (unpaired) electrons. The number of carbonyl (C=O) groups excluding carboxylic acids is 1. The summed E-state index contributed by atoms with van der Waals surface area (Å²) in [6.45, 7) is 7.67. The highest BCUT2D eigenvalue weighted by Crippen LogP contribution is 2.32. The molecule has 0 aliphatic carbocycles. The summed E-state index contributed by atoms with van der Waals surface area (Å²) < 4.78 is 16.5. The van der Waals surface area contributed by atoms with E-state index in [9.17, 15) is 9.90 Å². The Balaban J connectivity index is 2.10. The Labute approximate surface area is 196 Å². The molecular formula is C25H37N3O5. The van der Waals surface area contributed by atoms with Gasteiger partial charge in [0.1, 0.15) is 23.0 Å². The van der Waals surface area contributed by atoms with Crippen molar-refractivity contribution in [2.24, 2.45) is 5.92 Å². The summed E-state index contributed by atoms with van der Waals surface area (Å²) in [5.41, 5.74) is 13.3. The molecule has 0 spiro atoms. The van der Waals surface area contributed by atoms with E-state index in [4.69, 9.17) is 25.7 Å². The minimum absolute atomic E-state index is 0.0155. The van der Waals surface area contributed by atoms with E-state index in [-0.39, 0.29) is 35.2 Å². The lowest BCUT2D eigenvalue weighted by molar-refractivity contribution is -0.139. The van der Waals surface area contributed by atoms with Crippen molar-refractivity contribution in [2.75, 3.05) is 25.7 Å². The molecule has 5 N–H and O–H groups in total. The van der Waals surface area contributed by atoms with Crippen LogP contribution in [0.1, 0.15) is 67.9 Å². The molecule has 2 aromatic rings. The number of nitrogens with zero attached hydrogens (tertiary/aromatic N) is 1. The third-order valence-corrected chi connectivity index (χ3v) is 5.55. The van der Waals surface area contributed by atoms with Crippen LogP contribution < -0.4 is 11.5 Å². The number of hydrogen-bond acceptors (Lipinski definition) is 8. The lowest BCUT2D eigenvalue weighted by Gasteiger charge is -2.27. The normalized spacial score (nSPS) is 13.7. The zero-order chi connectivity index (χ0) is 24.8. The molecule has 8 heteroatoms. The molecule has 1 aromatic heterocycles. The maximum absolute atomic E-state index is 12.3. The van der Waals surface area contributed by atoms with E-state index >= 15 is 0 Å². The molecule has 1 aromatic carbocycles. The minimum Gasteiger partial charge on any atom is -0.507 e. The number of nitrogen functional groups attached to an aromatic ring is 2. The highest BCUT2D eigenvalue weighted by atomic mass is 16.7. The first-order valence-electron chi connectivity index (χ1n) is 11.1. The van der Waals surface area contributed by atoms with Gasteiger partial charge < -0.3 is 30.8 Å². The number of rotatable bonds is 10. The Hall–Kier alpha value is -2.84. The van der Waals surface area contributed by atoms with E-state index in [0.717, 1.165) is 18.4 Å². The van der Waals surface area contributed by atoms with Crippen LogP contribution in [-0.2, 0) is 20.6 Å². The molecule has 33 heavy (non-hydrogen) atoms. The average molecular weight is 460 g/mol. The Kier molecular flexibility index (Phi) is 9.07. The molecule has 0 saturated carbocycles. The van der Waals surface area contributed by atoms with Crippen LogP contribution in [0.2, 0.25) is 0 Å². The number of methoxy groups -OCH3 is 2. The Morgan fingerprint density at radius 3 is 2.21 bits per heavy atom. The van der Waals surface area contributed by atoms with Gasteiger partial charge in [-0.2, -0.15) is 0 Å². The number of aromatic nitrogens is 1. The SMILES string of the molecule is COC(OC)C(CCC(C)c1ccc(C(=O)OC(C)(C)C)cc1)Cc1c(O)cc(N)nc1N. The summed E-state index contributed by atoms with van der Waals surface area (Å²) in [4.78, 5) is 16.3. The van der Waals surface area contributed by atoms with Gasteiger partial charge in [-0.1, -0.05) is 19.1 Å². The molecule has 182 valence electrons. The number of esters is 1. The number of pyridine rings is 1. The van der Waals surface area contributed by atoms with Gasteiger partial charge in [-0.15, -0.1) is 0 Å². The van der Waals surface area contributed by atoms with Crippen molar-refractivity contribution < 1.29 is 24.1 Å². The second kappa shape index (κ2) is 11.3. The first kappa shape index (κ1) is 26.4. The highest BCUT2D eigenvalue weighted by Gasteiger charge is 2.25. The van der Waals surface area contributed by atoms with E-state index in [1.807, 2.05) is 32.9 Å². The van der Waals surface area contributed by atoms with Crippen molar-refractivity contribution in [3.05, 3.63) is 47.0 Å². The number of carbonyl (C=O) groups is 1. The Bertz CT molecular complexity index is 898. The fourth-order valence-electron chi connectivity index (χ4n) is 3.80. The number of anilines is 2. The van der Waals surface area contributed by atoms with Crippen LogP contribution in [-0.4, -0.2) is 42.2 Å². The van der Waals surface area contributed by atoms with Crippen molar-refractivity contribution in [1.82, 2.24) is 4.98 Å². The maximum Gasteiger partial charge on any atom is 0.338 e. The van der Waals surface area contributed by atoms with Crippen LogP contribution in [0, 0.1) is 5.92 Å². The van der Waals surface area contributed by atoms with Crippen molar-refractivity contribution in [2.45, 2.75) is 64.8 Å². The van der Waals surface area contributed by atoms with Crippen molar-refractivity contribution in [3.63, 3.8) is 0 Å². The van der Waals surface area contributed by atoms with Crippen molar-refractivity contribution in [1.29, 1.82) is 0 Å². The van der Waals surface area contributed by atoms with Gasteiger partial charge in [0, 0.05) is 31.8 Å². The van der Waals surface area contributed by atoms with Crippen LogP contribution >= 0.6 is 0 Å². The molecular weight excluding hydrogens is 422 g/mol. The predicted octanol–water partition coefficient (Wildman–Crippen LogP) is 4.27. The minimum atomic E-state index is -0.533. The number of ether oxygens (including phenoxy) is 3. The number of aromatic hydroxyl groups is 1. The van der Waals surface area contributed by atoms with Gasteiger partial charge >= 0.3 is 5.97 Å². The topological polar surface area (TPSA) is 130 Å². The van der Waals surface area contributed by atoms with Crippen LogP contribution in [0.15, 0.2) is 30.3 Å². The summed E-state index contributed by atoms with van der Waals surface area (Å²) in [6.07, 6.45) is 1.55. The molecule has 2 unspecified atom stereocenters. The summed E-state index contributed by atoms with van der Waals surface area (Å²) in [6, 6.07) is 8.90. The lowest BCUT2D eigenvalue weighted by Crippen LogP contribution is -2.27. The van der Waals surface area contributed by atoms with Gasteiger partial charge in [0.2, 0.25) is 0 Å². The number of benzene rings is 1. The highest BCUT2D eigenvalue weighted by molar-refractivity contribution is 5.89. The molecule has 2 rings (SSSR count). The first-order valence-corrected chi connectivity index (χ1v) is 11.1. The predicted molar refractivity (Wildman–Crippen MR) is 129 cm³/mol. The fourth-order valence-corrected chi connectivity index (χ4v) is 3.80. The largest absolute Gasteiger partial charge is 0.507 e. The van der Waals surface area contributed by atoms with E-state index in [1.54, 1.807) is 26.4 Å². The maximum atomic E-state index is 12.3. The van der Waals surface area contributed by atoms with Gasteiger partial charge in [0.05, 0.1) is 5.56 Å². The second-order valence-electron chi connectivity index (χ2n) is 9.34. The molecule has 0 saturated heterocycles. The standard InChI is InChI=1S/C25H37N3O5/c1-15(16-9-11-17(12-10-16)23(30)33-25(2,3)4)7-8-18(24(31-5)32-6)13-19-20(29)14-21(26)28-22(19)27/h9-12,14-15,18,24H,7-8,13H2,1-6H3,(H5,26,27,28,29). The van der Waals surface area contributed by atoms with Gasteiger partial charge in [-0.3, -0.25) is 0 Å². The molecule has 2 atom stereocenters. The van der Waals surface area contributed by atoms with Gasteiger partial charge in [-0.25, -0.2) is 9.78 Å². The molecule has 0 bridgehead atoms. The number of hydrogen-bond donors (Lipinski definition) is 3. The average Bonchev–Trinajstić information content (AvgIpc) is 2.73. The lowest BCUT2D eigenvalue weighted by atomic mass is 9.87. The summed E-state index contributed by atoms with van der Waals surface area (Å²) >= 11 is 0. The molecule has 0 aliphatic rings. The molecule has 0 aliphatic heterocycles. The molecule has 0 amide bonds. The van der Waals surface area contributed by atoms with Crippen molar-refractivity contribution >= 4 is 17.6 Å². The quantitative estimate of drug-likeness (QED) is 0.355. The first-order chi connectivity index (χ1) is 15.4. The zero-order valence-electron chi connectivity index (χ0n) is 20.4. The Morgan fingerprint density at radius 1 is 1.09 bits per heavy atom. The van der Waals surface area contributed by atoms with Gasteiger partial charge in [0.25, 0.3) is 0 Å². The third-order valence-electron chi connectivity index (χ3n) is 5.55. The van der Waals surface area contributed by atoms with E-state index in [1.165, 1.54) is 6.07 Å². The third kappa shape index (κ3) is 7.61. The molecule has 8 nitrogen and oxygen atoms in total. The van der Waals surface area contributed by atoms with Crippen molar-refractivity contribution in [3.8, 4) is 5.75 Å². The number of nitrogens with two attached hydrogens (primary N) is 2. The van der Waals surface area contributed by atoms with E-state index < -0.39 is 11.9 Å². The Morgan fingerprint density at radius 2 is 1.70 bits per heavy atom. The zero-order valence-corrected chi connectivity index (χ0v) is 20.4. The van der Waals surface area contributed by atoms with Crippen LogP contribution in [0.3, 0.4) is 0 Å². The van der Waals surface area contributed by atoms with E-state index in [0.29, 0.717) is 17.5 Å². The second-order valence-corrected chi connectivity index (χ2v) is 9.34. The molecule has 0 fully saturated rings. The molecule has 1 heterocycles. The summed E-state index contributed by atoms with van der Waals surface area (Å²) in [5, 5.41) is 10.3. The fraction of sp³-hybridized carbons (Fsp3) is 0.520. The van der Waals surface area contributed by atoms with Crippen LogP contribution in [0.25, 0.3) is 0 Å². The van der Waals surface area contributed by atoms with Gasteiger partial charge in [0.15, 0.2) is 6.29 Å². The van der Waals surface area contributed by atoms with Gasteiger partial charge in [-0.05, 0) is 63.6 Å². The van der Waals surface area contributed by atoms with Crippen LogP contribution in [0.4, 0.5) is 11.6 Å². The monoisotopic (exact) mass is 459 g/mol. The van der Waals surface area contributed by atoms with E-state index in [2.05, 4.69) is 11.9 Å². The summed E-state index contributed by atoms with van der Waals surface area (Å²) in [5.74, 6) is 0.214. The van der Waals surface area contributed by atoms with Crippen LogP contribution in [0.5, 0.6) is 5.75 Å².